The summed E-state index contributed by atoms with van der Waals surface area (Å²) in [6, 6.07) is 10.8. The Bertz CT molecular complexity index is 843. The van der Waals surface area contributed by atoms with E-state index in [0.717, 1.165) is 34.2 Å². The van der Waals surface area contributed by atoms with Crippen LogP contribution in [0.25, 0.3) is 0 Å². The molecule has 3 rings (SSSR count). The molecule has 24 heavy (non-hydrogen) atoms. The van der Waals surface area contributed by atoms with E-state index in [-0.39, 0.29) is 10.1 Å². The lowest BCUT2D eigenvalue weighted by Crippen LogP contribution is -2.27. The van der Waals surface area contributed by atoms with Crippen molar-refractivity contribution in [1.29, 1.82) is 0 Å². The van der Waals surface area contributed by atoms with Crippen molar-refractivity contribution in [2.24, 2.45) is 0 Å². The average molecular weight is 429 g/mol. The van der Waals surface area contributed by atoms with E-state index in [1.165, 1.54) is 10.4 Å². The first-order valence-corrected chi connectivity index (χ1v) is 10.6. The summed E-state index contributed by atoms with van der Waals surface area (Å²) in [6.07, 6.45) is 1.79. The molecule has 0 unspecified atom stereocenters. The molecule has 2 aromatic rings. The van der Waals surface area contributed by atoms with Gasteiger partial charge in [-0.05, 0) is 42.7 Å². The molecule has 1 N–H and O–H groups in total. The zero-order chi connectivity index (χ0) is 17.2. The first-order valence-electron chi connectivity index (χ1n) is 7.59. The molecular formula is C16H17BrN2O3S2. The van der Waals surface area contributed by atoms with Crippen LogP contribution in [0.5, 0.6) is 0 Å². The lowest BCUT2D eigenvalue weighted by atomic mass is 10.2. The molecule has 5 nitrogen and oxygen atoms in total. The van der Waals surface area contributed by atoms with Gasteiger partial charge in [-0.25, -0.2) is 8.42 Å². The van der Waals surface area contributed by atoms with Gasteiger partial charge < -0.3 is 5.32 Å². The highest BCUT2D eigenvalue weighted by Gasteiger charge is 2.29. The number of hydrogen-bond donors (Lipinski definition) is 1. The van der Waals surface area contributed by atoms with Gasteiger partial charge in [0.05, 0.1) is 4.88 Å². The number of carbonyl (C=O) groups is 1. The van der Waals surface area contributed by atoms with E-state index in [1.54, 1.807) is 6.07 Å². The quantitative estimate of drug-likeness (QED) is 0.794. The van der Waals surface area contributed by atoms with Crippen LogP contribution in [-0.2, 0) is 16.6 Å². The Morgan fingerprint density at radius 3 is 2.67 bits per heavy atom. The monoisotopic (exact) mass is 428 g/mol. The van der Waals surface area contributed by atoms with Gasteiger partial charge in [-0.3, -0.25) is 4.79 Å². The van der Waals surface area contributed by atoms with Gasteiger partial charge in [0.15, 0.2) is 0 Å². The third-order valence-corrected chi connectivity index (χ3v) is 7.75. The molecule has 1 aromatic heterocycles. The fraction of sp³-hybridized carbons (Fsp3) is 0.312. The minimum atomic E-state index is -3.46. The average Bonchev–Trinajstić information content (AvgIpc) is 3.24. The number of carbonyl (C=O) groups excluding carboxylic acids is 1. The fourth-order valence-corrected chi connectivity index (χ4v) is 5.89. The third kappa shape index (κ3) is 3.88. The maximum Gasteiger partial charge on any atom is 0.261 e. The molecule has 0 saturated carbocycles. The van der Waals surface area contributed by atoms with Crippen LogP contribution in [0.3, 0.4) is 0 Å². The summed E-state index contributed by atoms with van der Waals surface area (Å²) in [7, 11) is -3.46. The molecule has 1 amide bonds. The van der Waals surface area contributed by atoms with Crippen molar-refractivity contribution >= 4 is 43.2 Å². The van der Waals surface area contributed by atoms with Crippen molar-refractivity contribution in [3.8, 4) is 0 Å². The Morgan fingerprint density at radius 1 is 1.21 bits per heavy atom. The molecule has 1 fully saturated rings. The lowest BCUT2D eigenvalue weighted by molar-refractivity contribution is 0.0955. The Labute approximate surface area is 153 Å². The van der Waals surface area contributed by atoms with Crippen molar-refractivity contribution in [1.82, 2.24) is 9.62 Å². The molecular weight excluding hydrogens is 412 g/mol. The predicted molar refractivity (Wildman–Crippen MR) is 97.6 cm³/mol. The second-order valence-electron chi connectivity index (χ2n) is 5.54. The Balaban J connectivity index is 1.67. The lowest BCUT2D eigenvalue weighted by Gasteiger charge is -2.13. The van der Waals surface area contributed by atoms with Gasteiger partial charge in [0.25, 0.3) is 15.9 Å². The highest BCUT2D eigenvalue weighted by atomic mass is 79.9. The van der Waals surface area contributed by atoms with Gasteiger partial charge in [0, 0.05) is 24.1 Å². The van der Waals surface area contributed by atoms with Gasteiger partial charge in [-0.1, -0.05) is 28.1 Å². The summed E-state index contributed by atoms with van der Waals surface area (Å²) in [6.45, 7) is 1.51. The van der Waals surface area contributed by atoms with Crippen LogP contribution in [-0.4, -0.2) is 31.7 Å². The van der Waals surface area contributed by atoms with Crippen LogP contribution in [0.4, 0.5) is 0 Å². The van der Waals surface area contributed by atoms with Crippen LogP contribution < -0.4 is 5.32 Å². The molecule has 1 aliphatic heterocycles. The molecule has 0 radical (unpaired) electrons. The number of nitrogens with one attached hydrogen (secondary N) is 1. The number of amides is 1. The van der Waals surface area contributed by atoms with Gasteiger partial charge in [0.1, 0.15) is 4.21 Å². The molecule has 1 aliphatic rings. The van der Waals surface area contributed by atoms with Gasteiger partial charge in [0.2, 0.25) is 0 Å². The van der Waals surface area contributed by atoms with Crippen LogP contribution in [0, 0.1) is 0 Å². The maximum atomic E-state index is 12.5. The van der Waals surface area contributed by atoms with E-state index in [2.05, 4.69) is 21.2 Å². The second kappa shape index (κ2) is 7.35. The summed E-state index contributed by atoms with van der Waals surface area (Å²) in [5, 5.41) is 2.82. The Hall–Kier alpha value is -1.22. The molecule has 0 bridgehead atoms. The highest BCUT2D eigenvalue weighted by molar-refractivity contribution is 9.10. The first-order chi connectivity index (χ1) is 11.5. The van der Waals surface area contributed by atoms with E-state index in [4.69, 9.17) is 0 Å². The Morgan fingerprint density at radius 2 is 1.96 bits per heavy atom. The number of sulfonamides is 1. The highest BCUT2D eigenvalue weighted by Crippen LogP contribution is 2.27. The van der Waals surface area contributed by atoms with E-state index in [0.29, 0.717) is 24.5 Å². The van der Waals surface area contributed by atoms with E-state index in [1.807, 2.05) is 24.3 Å². The maximum absolute atomic E-state index is 12.5. The normalized spacial score (nSPS) is 15.5. The first kappa shape index (κ1) is 17.6. The molecule has 0 atom stereocenters. The van der Waals surface area contributed by atoms with Crippen molar-refractivity contribution in [3.05, 3.63) is 51.3 Å². The molecule has 0 spiro atoms. The van der Waals surface area contributed by atoms with Gasteiger partial charge >= 0.3 is 0 Å². The van der Waals surface area contributed by atoms with Crippen LogP contribution in [0.1, 0.15) is 28.1 Å². The SMILES string of the molecule is O=C(NCc1cccc(Br)c1)c1ccc(S(=O)(=O)N2CCCC2)s1. The summed E-state index contributed by atoms with van der Waals surface area (Å²) in [5.41, 5.74) is 0.971. The van der Waals surface area contributed by atoms with Gasteiger partial charge in [-0.15, -0.1) is 11.3 Å². The number of halogens is 1. The van der Waals surface area contributed by atoms with Crippen molar-refractivity contribution in [2.45, 2.75) is 23.6 Å². The van der Waals surface area contributed by atoms with Gasteiger partial charge in [-0.2, -0.15) is 4.31 Å². The molecule has 1 saturated heterocycles. The topological polar surface area (TPSA) is 66.5 Å². The van der Waals surface area contributed by atoms with Crippen LogP contribution in [0.15, 0.2) is 45.1 Å². The number of benzene rings is 1. The van der Waals surface area contributed by atoms with E-state index in [9.17, 15) is 13.2 Å². The minimum absolute atomic E-state index is 0.233. The van der Waals surface area contributed by atoms with E-state index >= 15 is 0 Å². The zero-order valence-electron chi connectivity index (χ0n) is 12.9. The Kier molecular flexibility index (Phi) is 5.39. The van der Waals surface area contributed by atoms with E-state index < -0.39 is 10.0 Å². The predicted octanol–water partition coefficient (Wildman–Crippen LogP) is 3.23. The number of thiophene rings is 1. The summed E-state index contributed by atoms with van der Waals surface area (Å²) >= 11 is 4.41. The smallest absolute Gasteiger partial charge is 0.261 e. The molecule has 8 heteroatoms. The molecule has 0 aliphatic carbocycles. The molecule has 1 aromatic carbocycles. The molecule has 128 valence electrons. The van der Waals surface area contributed by atoms with Crippen molar-refractivity contribution < 1.29 is 13.2 Å². The van der Waals surface area contributed by atoms with Crippen molar-refractivity contribution in [2.75, 3.05) is 13.1 Å². The summed E-state index contributed by atoms with van der Waals surface area (Å²) in [5.74, 6) is -0.261. The summed E-state index contributed by atoms with van der Waals surface area (Å²) in [4.78, 5) is 12.6. The second-order valence-corrected chi connectivity index (χ2v) is 9.71. The van der Waals surface area contributed by atoms with Crippen LogP contribution >= 0.6 is 27.3 Å². The number of nitrogens with zero attached hydrogens (tertiary/aromatic N) is 1. The molecule has 2 heterocycles. The van der Waals surface area contributed by atoms with Crippen LogP contribution in [0.2, 0.25) is 0 Å². The number of hydrogen-bond acceptors (Lipinski definition) is 4. The number of rotatable bonds is 5. The standard InChI is InChI=1S/C16H17BrN2O3S2/c17-13-5-3-4-12(10-13)11-18-16(20)14-6-7-15(23-14)24(21,22)19-8-1-2-9-19/h3-7,10H,1-2,8-9,11H2,(H,18,20). The largest absolute Gasteiger partial charge is 0.347 e. The van der Waals surface area contributed by atoms with Crippen molar-refractivity contribution in [3.63, 3.8) is 0 Å². The zero-order valence-corrected chi connectivity index (χ0v) is 16.1. The third-order valence-electron chi connectivity index (χ3n) is 3.81. The summed E-state index contributed by atoms with van der Waals surface area (Å²) < 4.78 is 27.6. The minimum Gasteiger partial charge on any atom is -0.347 e. The fourth-order valence-electron chi connectivity index (χ4n) is 2.55.